The topological polar surface area (TPSA) is 86.5 Å². The van der Waals surface area contributed by atoms with Gasteiger partial charge < -0.3 is 19.3 Å². The summed E-state index contributed by atoms with van der Waals surface area (Å²) in [6, 6.07) is 5.34. The summed E-state index contributed by atoms with van der Waals surface area (Å²) in [4.78, 5) is 16.4. The average Bonchev–Trinajstić information content (AvgIpc) is 3.05. The molecule has 0 fully saturated rings. The number of anilines is 1. The lowest BCUT2D eigenvalue weighted by Gasteiger charge is -2.12. The van der Waals surface area contributed by atoms with Crippen molar-refractivity contribution in [2.24, 2.45) is 0 Å². The molecule has 1 aromatic heterocycles. The fourth-order valence-electron chi connectivity index (χ4n) is 2.18. The number of nitrogens with zero attached hydrogens (tertiary/aromatic N) is 2. The molecule has 136 valence electrons. The van der Waals surface area contributed by atoms with Crippen molar-refractivity contribution < 1.29 is 18.8 Å². The van der Waals surface area contributed by atoms with Gasteiger partial charge in [-0.2, -0.15) is 4.98 Å². The third kappa shape index (κ3) is 5.48. The highest BCUT2D eigenvalue weighted by atomic mass is 16.5. The zero-order valence-corrected chi connectivity index (χ0v) is 15.2. The Bertz CT molecular complexity index is 697. The quantitative estimate of drug-likeness (QED) is 0.746. The predicted octanol–water partition coefficient (Wildman–Crippen LogP) is 3.56. The van der Waals surface area contributed by atoms with E-state index in [4.69, 9.17) is 14.0 Å². The summed E-state index contributed by atoms with van der Waals surface area (Å²) < 4.78 is 16.2. The van der Waals surface area contributed by atoms with Gasteiger partial charge in [-0.3, -0.25) is 4.79 Å². The second-order valence-corrected chi connectivity index (χ2v) is 5.78. The molecule has 1 N–H and O–H groups in total. The second-order valence-electron chi connectivity index (χ2n) is 5.78. The van der Waals surface area contributed by atoms with Crippen LogP contribution in [0.5, 0.6) is 11.5 Å². The fourth-order valence-corrected chi connectivity index (χ4v) is 2.18. The van der Waals surface area contributed by atoms with E-state index in [-0.39, 0.29) is 18.2 Å². The first-order chi connectivity index (χ1) is 12.0. The smallest absolute Gasteiger partial charge is 0.227 e. The Hall–Kier alpha value is -2.57. The van der Waals surface area contributed by atoms with Crippen molar-refractivity contribution in [2.45, 2.75) is 46.5 Å². The summed E-state index contributed by atoms with van der Waals surface area (Å²) in [5.74, 6) is 2.47. The van der Waals surface area contributed by atoms with Crippen molar-refractivity contribution in [1.29, 1.82) is 0 Å². The lowest BCUT2D eigenvalue weighted by Crippen LogP contribution is -2.12. The molecule has 1 heterocycles. The second kappa shape index (κ2) is 9.05. The van der Waals surface area contributed by atoms with Crippen LogP contribution in [0.1, 0.15) is 51.7 Å². The maximum atomic E-state index is 12.1. The Labute approximate surface area is 147 Å². The number of carbonyl (C=O) groups is 1. The molecule has 0 bridgehead atoms. The molecule has 25 heavy (non-hydrogen) atoms. The van der Waals surface area contributed by atoms with Gasteiger partial charge in [0, 0.05) is 30.5 Å². The number of rotatable bonds is 9. The summed E-state index contributed by atoms with van der Waals surface area (Å²) in [5, 5.41) is 6.73. The number of hydrogen-bond acceptors (Lipinski definition) is 6. The summed E-state index contributed by atoms with van der Waals surface area (Å²) in [6.07, 6.45) is 0.664. The monoisotopic (exact) mass is 347 g/mol. The fraction of sp³-hybridized carbons (Fsp3) is 0.500. The van der Waals surface area contributed by atoms with E-state index < -0.39 is 0 Å². The molecule has 7 heteroatoms. The molecule has 0 radical (unpaired) electrons. The Morgan fingerprint density at radius 2 is 1.92 bits per heavy atom. The Morgan fingerprint density at radius 1 is 1.20 bits per heavy atom. The third-order valence-electron chi connectivity index (χ3n) is 3.39. The van der Waals surface area contributed by atoms with Gasteiger partial charge in [-0.1, -0.05) is 19.0 Å². The lowest BCUT2D eigenvalue weighted by molar-refractivity contribution is -0.116. The van der Waals surface area contributed by atoms with Gasteiger partial charge in [0.2, 0.25) is 11.8 Å². The molecule has 1 amide bonds. The number of aryl methyl sites for hydroxylation is 1. The highest BCUT2D eigenvalue weighted by molar-refractivity contribution is 5.91. The first-order valence-electron chi connectivity index (χ1n) is 8.55. The van der Waals surface area contributed by atoms with Crippen LogP contribution in [0, 0.1) is 0 Å². The molecule has 2 rings (SSSR count). The van der Waals surface area contributed by atoms with Crippen molar-refractivity contribution in [3.8, 4) is 11.5 Å². The maximum absolute atomic E-state index is 12.1. The van der Waals surface area contributed by atoms with Gasteiger partial charge in [0.1, 0.15) is 0 Å². The minimum absolute atomic E-state index is 0.129. The van der Waals surface area contributed by atoms with E-state index in [0.29, 0.717) is 48.5 Å². The molecular formula is C18H25N3O4. The lowest BCUT2D eigenvalue weighted by atomic mass is 10.2. The number of carbonyl (C=O) groups excluding carboxylic acids is 1. The van der Waals surface area contributed by atoms with Crippen molar-refractivity contribution in [3.05, 3.63) is 29.9 Å². The standard InChI is InChI=1S/C18H25N3O4/c1-5-23-14-8-7-13(11-15(14)24-6-2)19-16(22)9-10-17-20-18(12(3)4)21-25-17/h7-8,11-12H,5-6,9-10H2,1-4H3,(H,19,22). The molecule has 0 aliphatic carbocycles. The molecule has 0 atom stereocenters. The molecule has 0 saturated heterocycles. The summed E-state index contributed by atoms with van der Waals surface area (Å²) in [7, 11) is 0. The van der Waals surface area contributed by atoms with Crippen LogP contribution in [0.2, 0.25) is 0 Å². The van der Waals surface area contributed by atoms with Crippen LogP contribution < -0.4 is 14.8 Å². The van der Waals surface area contributed by atoms with E-state index in [2.05, 4.69) is 15.5 Å². The van der Waals surface area contributed by atoms with Crippen molar-refractivity contribution in [2.75, 3.05) is 18.5 Å². The molecule has 0 spiro atoms. The molecule has 7 nitrogen and oxygen atoms in total. The Kier molecular flexibility index (Phi) is 6.80. The normalized spacial score (nSPS) is 10.8. The van der Waals surface area contributed by atoms with Crippen LogP contribution in [-0.2, 0) is 11.2 Å². The van der Waals surface area contributed by atoms with Crippen molar-refractivity contribution in [3.63, 3.8) is 0 Å². The van der Waals surface area contributed by atoms with E-state index in [1.807, 2.05) is 27.7 Å². The van der Waals surface area contributed by atoms with Crippen LogP contribution >= 0.6 is 0 Å². The van der Waals surface area contributed by atoms with Crippen LogP contribution in [0.3, 0.4) is 0 Å². The minimum atomic E-state index is -0.129. The van der Waals surface area contributed by atoms with Crippen LogP contribution in [0.25, 0.3) is 0 Å². The average molecular weight is 347 g/mol. The summed E-state index contributed by atoms with van der Waals surface area (Å²) in [6.45, 7) is 8.86. The zero-order chi connectivity index (χ0) is 18.2. The first kappa shape index (κ1) is 18.8. The van der Waals surface area contributed by atoms with Crippen molar-refractivity contribution in [1.82, 2.24) is 10.1 Å². The number of hydrogen-bond donors (Lipinski definition) is 1. The van der Waals surface area contributed by atoms with Gasteiger partial charge in [-0.15, -0.1) is 0 Å². The summed E-state index contributed by atoms with van der Waals surface area (Å²) in [5.41, 5.74) is 0.658. The van der Waals surface area contributed by atoms with E-state index >= 15 is 0 Å². The van der Waals surface area contributed by atoms with Gasteiger partial charge in [-0.25, -0.2) is 0 Å². The number of aromatic nitrogens is 2. The maximum Gasteiger partial charge on any atom is 0.227 e. The predicted molar refractivity (Wildman–Crippen MR) is 94.1 cm³/mol. The molecule has 0 aliphatic rings. The highest BCUT2D eigenvalue weighted by Gasteiger charge is 2.12. The third-order valence-corrected chi connectivity index (χ3v) is 3.39. The molecular weight excluding hydrogens is 322 g/mol. The largest absolute Gasteiger partial charge is 0.490 e. The van der Waals surface area contributed by atoms with E-state index in [1.165, 1.54) is 0 Å². The van der Waals surface area contributed by atoms with Crippen LogP contribution in [0.15, 0.2) is 22.7 Å². The van der Waals surface area contributed by atoms with Gasteiger partial charge in [0.15, 0.2) is 17.3 Å². The summed E-state index contributed by atoms with van der Waals surface area (Å²) >= 11 is 0. The molecule has 0 unspecified atom stereocenters. The number of ether oxygens (including phenoxy) is 2. The Morgan fingerprint density at radius 3 is 2.56 bits per heavy atom. The SMILES string of the molecule is CCOc1ccc(NC(=O)CCc2nc(C(C)C)no2)cc1OCC. The minimum Gasteiger partial charge on any atom is -0.490 e. The van der Waals surface area contributed by atoms with Crippen LogP contribution in [-0.4, -0.2) is 29.3 Å². The van der Waals surface area contributed by atoms with E-state index in [1.54, 1.807) is 18.2 Å². The molecule has 0 saturated carbocycles. The number of nitrogens with one attached hydrogen (secondary N) is 1. The molecule has 0 aliphatic heterocycles. The molecule has 1 aromatic carbocycles. The number of amides is 1. The Balaban J connectivity index is 1.93. The van der Waals surface area contributed by atoms with Crippen LogP contribution in [0.4, 0.5) is 5.69 Å². The highest BCUT2D eigenvalue weighted by Crippen LogP contribution is 2.30. The van der Waals surface area contributed by atoms with Gasteiger partial charge in [0.05, 0.1) is 13.2 Å². The number of benzene rings is 1. The van der Waals surface area contributed by atoms with Gasteiger partial charge in [-0.05, 0) is 26.0 Å². The first-order valence-corrected chi connectivity index (χ1v) is 8.55. The molecule has 2 aromatic rings. The zero-order valence-electron chi connectivity index (χ0n) is 15.2. The van der Waals surface area contributed by atoms with E-state index in [0.717, 1.165) is 0 Å². The van der Waals surface area contributed by atoms with Crippen molar-refractivity contribution >= 4 is 11.6 Å². The van der Waals surface area contributed by atoms with Gasteiger partial charge >= 0.3 is 0 Å². The van der Waals surface area contributed by atoms with Gasteiger partial charge in [0.25, 0.3) is 0 Å². The van der Waals surface area contributed by atoms with E-state index in [9.17, 15) is 4.79 Å².